The topological polar surface area (TPSA) is 76.7 Å². The molecule has 7 heteroatoms. The summed E-state index contributed by atoms with van der Waals surface area (Å²) in [7, 11) is 0. The first kappa shape index (κ1) is 12.8. The first-order chi connectivity index (χ1) is 9.19. The molecule has 5 nitrogen and oxygen atoms in total. The van der Waals surface area contributed by atoms with Gasteiger partial charge in [0.25, 0.3) is 0 Å². The molecule has 0 unspecified atom stereocenters. The van der Waals surface area contributed by atoms with Crippen molar-refractivity contribution >= 4 is 23.4 Å². The second kappa shape index (κ2) is 5.03. The number of H-pyrrole nitrogens is 1. The fraction of sp³-hybridized carbons (Fsp3) is 0.333. The molecular weight excluding hydrogens is 284 g/mol. The highest BCUT2D eigenvalue weighted by Crippen LogP contribution is 2.39. The third-order valence-corrected chi connectivity index (χ3v) is 4.49. The van der Waals surface area contributed by atoms with Gasteiger partial charge in [-0.05, 0) is 42.3 Å². The van der Waals surface area contributed by atoms with Crippen LogP contribution in [0.2, 0.25) is 5.02 Å². The van der Waals surface area contributed by atoms with Gasteiger partial charge in [0.05, 0.1) is 5.02 Å². The highest BCUT2D eigenvalue weighted by atomic mass is 35.5. The number of aromatic amines is 1. The van der Waals surface area contributed by atoms with E-state index in [4.69, 9.17) is 17.3 Å². The standard InChI is InChI=1S/C12H13ClN4OS/c13-9-5-7(6-14)1-4-10(9)19-12-16-15-11(18)17(12)8-2-3-8/h1,4-5,8H,2-3,6,14H2,(H,15,18). The van der Waals surface area contributed by atoms with Crippen molar-refractivity contribution in [3.05, 3.63) is 39.3 Å². The van der Waals surface area contributed by atoms with E-state index in [1.54, 1.807) is 4.57 Å². The van der Waals surface area contributed by atoms with Crippen LogP contribution in [0, 0.1) is 0 Å². The molecule has 1 aliphatic rings. The van der Waals surface area contributed by atoms with Crippen molar-refractivity contribution in [2.45, 2.75) is 35.5 Å². The lowest BCUT2D eigenvalue weighted by atomic mass is 10.2. The average Bonchev–Trinajstić information content (AvgIpc) is 3.17. The first-order valence-corrected chi connectivity index (χ1v) is 7.21. The minimum atomic E-state index is -0.153. The molecule has 0 spiro atoms. The second-order valence-corrected chi connectivity index (χ2v) is 5.90. The number of nitrogens with two attached hydrogens (primary N) is 1. The average molecular weight is 297 g/mol. The number of aromatic nitrogens is 3. The molecule has 0 amide bonds. The third kappa shape index (κ3) is 2.56. The first-order valence-electron chi connectivity index (χ1n) is 6.02. The van der Waals surface area contributed by atoms with Gasteiger partial charge in [0, 0.05) is 17.5 Å². The molecule has 0 radical (unpaired) electrons. The van der Waals surface area contributed by atoms with Crippen molar-refractivity contribution in [3.63, 3.8) is 0 Å². The monoisotopic (exact) mass is 296 g/mol. The zero-order valence-electron chi connectivity index (χ0n) is 10.1. The Kier molecular flexibility index (Phi) is 3.38. The maximum Gasteiger partial charge on any atom is 0.344 e. The fourth-order valence-electron chi connectivity index (χ4n) is 1.87. The predicted octanol–water partition coefficient (Wildman–Crippen LogP) is 2.17. The highest BCUT2D eigenvalue weighted by Gasteiger charge is 2.28. The number of benzene rings is 1. The molecule has 0 atom stereocenters. The smallest absolute Gasteiger partial charge is 0.326 e. The van der Waals surface area contributed by atoms with Gasteiger partial charge in [0.2, 0.25) is 0 Å². The van der Waals surface area contributed by atoms with E-state index < -0.39 is 0 Å². The lowest BCUT2D eigenvalue weighted by Gasteiger charge is -2.06. The van der Waals surface area contributed by atoms with Gasteiger partial charge in [0.1, 0.15) is 0 Å². The van der Waals surface area contributed by atoms with Crippen LogP contribution >= 0.6 is 23.4 Å². The van der Waals surface area contributed by atoms with Crippen molar-refractivity contribution in [3.8, 4) is 0 Å². The summed E-state index contributed by atoms with van der Waals surface area (Å²) in [5, 5.41) is 7.85. The Morgan fingerprint density at radius 3 is 2.95 bits per heavy atom. The summed E-state index contributed by atoms with van der Waals surface area (Å²) in [6, 6.07) is 5.97. The molecule has 1 saturated carbocycles. The summed E-state index contributed by atoms with van der Waals surface area (Å²) < 4.78 is 1.71. The Morgan fingerprint density at radius 1 is 1.53 bits per heavy atom. The van der Waals surface area contributed by atoms with Gasteiger partial charge < -0.3 is 5.73 Å². The maximum atomic E-state index is 11.7. The predicted molar refractivity (Wildman–Crippen MR) is 74.6 cm³/mol. The molecule has 0 bridgehead atoms. The van der Waals surface area contributed by atoms with E-state index in [2.05, 4.69) is 10.2 Å². The number of rotatable bonds is 4. The molecule has 3 rings (SSSR count). The molecule has 1 aromatic heterocycles. The van der Waals surface area contributed by atoms with Crippen LogP contribution < -0.4 is 11.4 Å². The minimum absolute atomic E-state index is 0.153. The normalized spacial score (nSPS) is 14.8. The molecule has 1 aromatic carbocycles. The number of nitrogens with one attached hydrogen (secondary N) is 1. The van der Waals surface area contributed by atoms with Crippen LogP contribution in [0.25, 0.3) is 0 Å². The van der Waals surface area contributed by atoms with Gasteiger partial charge in [-0.2, -0.15) is 0 Å². The quantitative estimate of drug-likeness (QED) is 0.906. The van der Waals surface area contributed by atoms with E-state index in [0.29, 0.717) is 16.7 Å². The minimum Gasteiger partial charge on any atom is -0.326 e. The van der Waals surface area contributed by atoms with Crippen molar-refractivity contribution in [1.29, 1.82) is 0 Å². The van der Waals surface area contributed by atoms with Crippen molar-refractivity contribution in [1.82, 2.24) is 14.8 Å². The Balaban J connectivity index is 1.91. The summed E-state index contributed by atoms with van der Waals surface area (Å²) in [4.78, 5) is 12.6. The van der Waals surface area contributed by atoms with Crippen molar-refractivity contribution in [2.75, 3.05) is 0 Å². The molecule has 1 heterocycles. The number of halogens is 1. The Bertz CT molecular complexity index is 662. The van der Waals surface area contributed by atoms with E-state index in [1.165, 1.54) is 11.8 Å². The van der Waals surface area contributed by atoms with Gasteiger partial charge in [-0.1, -0.05) is 17.7 Å². The molecule has 100 valence electrons. The van der Waals surface area contributed by atoms with Gasteiger partial charge in [0.15, 0.2) is 5.16 Å². The number of hydrogen-bond donors (Lipinski definition) is 2. The zero-order chi connectivity index (χ0) is 13.4. The van der Waals surface area contributed by atoms with Gasteiger partial charge in [-0.15, -0.1) is 5.10 Å². The van der Waals surface area contributed by atoms with Crippen molar-refractivity contribution in [2.24, 2.45) is 5.73 Å². The van der Waals surface area contributed by atoms with E-state index in [9.17, 15) is 4.79 Å². The van der Waals surface area contributed by atoms with Crippen LogP contribution in [0.4, 0.5) is 0 Å². The van der Waals surface area contributed by atoms with Crippen LogP contribution in [0.5, 0.6) is 0 Å². The third-order valence-electron chi connectivity index (χ3n) is 3.02. The second-order valence-electron chi connectivity index (χ2n) is 4.48. The Hall–Kier alpha value is -1.24. The van der Waals surface area contributed by atoms with Crippen molar-refractivity contribution < 1.29 is 0 Å². The van der Waals surface area contributed by atoms with Gasteiger partial charge in [-0.25, -0.2) is 9.89 Å². The largest absolute Gasteiger partial charge is 0.344 e. The van der Waals surface area contributed by atoms with Crippen LogP contribution in [0.1, 0.15) is 24.4 Å². The molecule has 0 saturated heterocycles. The summed E-state index contributed by atoms with van der Waals surface area (Å²) in [6.07, 6.45) is 2.07. The molecule has 2 aromatic rings. The summed E-state index contributed by atoms with van der Waals surface area (Å²) in [5.41, 5.74) is 6.40. The van der Waals surface area contributed by atoms with Crippen LogP contribution in [-0.2, 0) is 6.54 Å². The Labute approximate surface area is 119 Å². The SMILES string of the molecule is NCc1ccc(Sc2n[nH]c(=O)n2C2CC2)c(Cl)c1. The van der Waals surface area contributed by atoms with Crippen LogP contribution in [0.3, 0.4) is 0 Å². The number of nitrogens with zero attached hydrogens (tertiary/aromatic N) is 2. The van der Waals surface area contributed by atoms with Gasteiger partial charge >= 0.3 is 5.69 Å². The van der Waals surface area contributed by atoms with E-state index in [0.717, 1.165) is 23.3 Å². The molecular formula is C12H13ClN4OS. The summed E-state index contributed by atoms with van der Waals surface area (Å²) >= 11 is 7.61. The lowest BCUT2D eigenvalue weighted by molar-refractivity contribution is 0.642. The molecule has 1 aliphatic carbocycles. The number of hydrogen-bond acceptors (Lipinski definition) is 4. The van der Waals surface area contributed by atoms with E-state index >= 15 is 0 Å². The lowest BCUT2D eigenvalue weighted by Crippen LogP contribution is -2.16. The Morgan fingerprint density at radius 2 is 2.32 bits per heavy atom. The highest BCUT2D eigenvalue weighted by molar-refractivity contribution is 7.99. The summed E-state index contributed by atoms with van der Waals surface area (Å²) in [5.74, 6) is 0. The summed E-state index contributed by atoms with van der Waals surface area (Å²) in [6.45, 7) is 0.458. The molecule has 0 aliphatic heterocycles. The zero-order valence-corrected chi connectivity index (χ0v) is 11.7. The van der Waals surface area contributed by atoms with E-state index in [1.807, 2.05) is 18.2 Å². The maximum absolute atomic E-state index is 11.7. The van der Waals surface area contributed by atoms with Crippen LogP contribution in [0.15, 0.2) is 33.0 Å². The van der Waals surface area contributed by atoms with E-state index in [-0.39, 0.29) is 11.7 Å². The van der Waals surface area contributed by atoms with Crippen LogP contribution in [-0.4, -0.2) is 14.8 Å². The fourth-order valence-corrected chi connectivity index (χ4v) is 3.10. The molecule has 19 heavy (non-hydrogen) atoms. The van der Waals surface area contributed by atoms with Gasteiger partial charge in [-0.3, -0.25) is 4.57 Å². The molecule has 3 N–H and O–H groups in total. The molecule has 1 fully saturated rings.